The molecule has 2 N–H and O–H groups in total. The number of hydrogen-bond acceptors (Lipinski definition) is 4. The number of benzene rings is 1. The van der Waals surface area contributed by atoms with E-state index < -0.39 is 22.2 Å². The summed E-state index contributed by atoms with van der Waals surface area (Å²) in [5.74, 6) is 0. The van der Waals surface area contributed by atoms with Crippen LogP contribution in [0, 0.1) is 0 Å². The van der Waals surface area contributed by atoms with E-state index >= 15 is 0 Å². The van der Waals surface area contributed by atoms with E-state index in [1.165, 1.54) is 18.2 Å². The predicted molar refractivity (Wildman–Crippen MR) is 86.4 cm³/mol. The quantitative estimate of drug-likeness (QED) is 0.419. The van der Waals surface area contributed by atoms with Crippen molar-refractivity contribution >= 4 is 39.1 Å². The van der Waals surface area contributed by atoms with Crippen LogP contribution >= 0.6 is 31.0 Å². The van der Waals surface area contributed by atoms with Crippen LogP contribution in [0.4, 0.5) is 0 Å². The number of aliphatic hydroxyl groups excluding tert-OH is 1. The molecule has 1 aromatic rings. The average Bonchev–Trinajstić information content (AvgIpc) is 2.24. The lowest BCUT2D eigenvalue weighted by Crippen LogP contribution is -2.21. The molecule has 0 amide bonds. The SMILES string of the molecule is C[Si](C)(C)CCOP(=O)(O)OC(O)c1cc(Cl)cc(Cl)c1. The van der Waals surface area contributed by atoms with Gasteiger partial charge in [-0.2, -0.15) is 0 Å². The largest absolute Gasteiger partial charge is 0.474 e. The molecule has 0 aromatic heterocycles. The molecular weight excluding hydrogens is 354 g/mol. The molecule has 0 aliphatic heterocycles. The van der Waals surface area contributed by atoms with Gasteiger partial charge in [0.05, 0.1) is 6.61 Å². The van der Waals surface area contributed by atoms with E-state index in [-0.39, 0.29) is 22.2 Å². The first-order chi connectivity index (χ1) is 9.48. The Labute approximate surface area is 135 Å². The normalized spacial score (nSPS) is 16.5. The minimum absolute atomic E-state index is 0.104. The zero-order chi connectivity index (χ0) is 16.3. The fourth-order valence-electron chi connectivity index (χ4n) is 1.40. The summed E-state index contributed by atoms with van der Waals surface area (Å²) in [6, 6.07) is 4.96. The summed E-state index contributed by atoms with van der Waals surface area (Å²) in [5.41, 5.74) is 0.176. The van der Waals surface area contributed by atoms with Crippen molar-refractivity contribution in [2.24, 2.45) is 0 Å². The van der Waals surface area contributed by atoms with Crippen LogP contribution in [0.25, 0.3) is 0 Å². The summed E-state index contributed by atoms with van der Waals surface area (Å²) < 4.78 is 21.3. The standard InChI is InChI=1S/C12H19Cl2O5PSi/c1-21(2,3)5-4-18-20(16,17)19-12(15)9-6-10(13)8-11(14)7-9/h6-8,12,15H,4-5H2,1-3H3,(H,16,17). The highest BCUT2D eigenvalue weighted by atomic mass is 35.5. The highest BCUT2D eigenvalue weighted by Crippen LogP contribution is 2.47. The molecule has 0 heterocycles. The number of rotatable bonds is 7. The van der Waals surface area contributed by atoms with Gasteiger partial charge in [0.1, 0.15) is 0 Å². The highest BCUT2D eigenvalue weighted by Gasteiger charge is 2.27. The van der Waals surface area contributed by atoms with Crippen molar-refractivity contribution < 1.29 is 23.6 Å². The van der Waals surface area contributed by atoms with Gasteiger partial charge in [-0.25, -0.2) is 4.57 Å². The summed E-state index contributed by atoms with van der Waals surface area (Å²) in [4.78, 5) is 9.58. The molecule has 0 aliphatic rings. The second-order valence-electron chi connectivity index (χ2n) is 5.77. The van der Waals surface area contributed by atoms with Crippen molar-refractivity contribution in [3.8, 4) is 0 Å². The lowest BCUT2D eigenvalue weighted by atomic mass is 10.2. The molecule has 120 valence electrons. The van der Waals surface area contributed by atoms with Crippen molar-refractivity contribution in [2.75, 3.05) is 6.61 Å². The third-order valence-corrected chi connectivity index (χ3v) is 5.63. The van der Waals surface area contributed by atoms with Gasteiger partial charge in [-0.05, 0) is 24.2 Å². The second kappa shape index (κ2) is 7.57. The molecule has 0 saturated carbocycles. The maximum absolute atomic E-state index is 11.8. The van der Waals surface area contributed by atoms with Gasteiger partial charge in [-0.1, -0.05) is 42.8 Å². The summed E-state index contributed by atoms with van der Waals surface area (Å²) in [5, 5.41) is 10.4. The van der Waals surface area contributed by atoms with Gasteiger partial charge in [0, 0.05) is 23.7 Å². The van der Waals surface area contributed by atoms with Gasteiger partial charge in [0.25, 0.3) is 0 Å². The van der Waals surface area contributed by atoms with Crippen LogP contribution in [-0.4, -0.2) is 24.7 Å². The van der Waals surface area contributed by atoms with Gasteiger partial charge in [0.15, 0.2) is 6.29 Å². The van der Waals surface area contributed by atoms with Crippen molar-refractivity contribution in [1.29, 1.82) is 0 Å². The smallest absolute Gasteiger partial charge is 0.364 e. The first kappa shape index (κ1) is 19.1. The van der Waals surface area contributed by atoms with Crippen molar-refractivity contribution in [1.82, 2.24) is 0 Å². The molecular formula is C12H19Cl2O5PSi. The molecule has 2 unspecified atom stereocenters. The number of aliphatic hydroxyl groups is 1. The molecule has 0 fully saturated rings. The van der Waals surface area contributed by atoms with Crippen molar-refractivity contribution in [3.63, 3.8) is 0 Å². The highest BCUT2D eigenvalue weighted by molar-refractivity contribution is 7.47. The van der Waals surface area contributed by atoms with E-state index in [9.17, 15) is 14.6 Å². The molecule has 0 bridgehead atoms. The molecule has 2 atom stereocenters. The summed E-state index contributed by atoms with van der Waals surface area (Å²) >= 11 is 11.6. The van der Waals surface area contributed by atoms with Gasteiger partial charge in [0.2, 0.25) is 0 Å². The minimum Gasteiger partial charge on any atom is -0.364 e. The van der Waals surface area contributed by atoms with Crippen LogP contribution in [-0.2, 0) is 13.6 Å². The molecule has 0 radical (unpaired) electrons. The lowest BCUT2D eigenvalue weighted by Gasteiger charge is -2.19. The Hall–Kier alpha value is 0.0869. The van der Waals surface area contributed by atoms with Crippen LogP contribution in [0.5, 0.6) is 0 Å². The van der Waals surface area contributed by atoms with Crippen LogP contribution in [0.1, 0.15) is 11.9 Å². The second-order valence-corrected chi connectivity index (χ2v) is 13.7. The van der Waals surface area contributed by atoms with E-state index in [4.69, 9.17) is 32.2 Å². The van der Waals surface area contributed by atoms with E-state index in [2.05, 4.69) is 19.6 Å². The molecule has 21 heavy (non-hydrogen) atoms. The average molecular weight is 373 g/mol. The summed E-state index contributed by atoms with van der Waals surface area (Å²) in [6.07, 6.45) is -1.65. The Morgan fingerprint density at radius 2 is 1.76 bits per heavy atom. The molecule has 5 nitrogen and oxygen atoms in total. The minimum atomic E-state index is -4.34. The van der Waals surface area contributed by atoms with Gasteiger partial charge >= 0.3 is 7.82 Å². The topological polar surface area (TPSA) is 76.0 Å². The Balaban J connectivity index is 2.63. The Morgan fingerprint density at radius 3 is 2.24 bits per heavy atom. The zero-order valence-electron chi connectivity index (χ0n) is 12.0. The Bertz CT molecular complexity index is 515. The molecule has 9 heteroatoms. The van der Waals surface area contributed by atoms with Gasteiger partial charge in [-0.15, -0.1) is 0 Å². The Kier molecular flexibility index (Phi) is 6.90. The third kappa shape index (κ3) is 7.77. The number of phosphoric ester groups is 1. The van der Waals surface area contributed by atoms with E-state index in [0.29, 0.717) is 6.04 Å². The Morgan fingerprint density at radius 1 is 1.24 bits per heavy atom. The molecule has 0 aliphatic carbocycles. The maximum atomic E-state index is 11.8. The molecule has 0 saturated heterocycles. The number of hydrogen-bond donors (Lipinski definition) is 2. The third-order valence-electron chi connectivity index (χ3n) is 2.51. The van der Waals surface area contributed by atoms with Crippen LogP contribution < -0.4 is 0 Å². The first-order valence-corrected chi connectivity index (χ1v) is 12.2. The van der Waals surface area contributed by atoms with Crippen LogP contribution in [0.15, 0.2) is 18.2 Å². The van der Waals surface area contributed by atoms with Crippen LogP contribution in [0.3, 0.4) is 0 Å². The monoisotopic (exact) mass is 372 g/mol. The van der Waals surface area contributed by atoms with Crippen molar-refractivity contribution in [3.05, 3.63) is 33.8 Å². The number of halogens is 2. The van der Waals surface area contributed by atoms with Gasteiger partial charge < -0.3 is 10.00 Å². The van der Waals surface area contributed by atoms with E-state index in [1.807, 2.05) is 0 Å². The summed E-state index contributed by atoms with van der Waals surface area (Å²) in [7, 11) is -5.73. The molecule has 0 spiro atoms. The molecule has 1 aromatic carbocycles. The fraction of sp³-hybridized carbons (Fsp3) is 0.500. The zero-order valence-corrected chi connectivity index (χ0v) is 15.5. The van der Waals surface area contributed by atoms with E-state index in [1.54, 1.807) is 0 Å². The number of phosphoric acid groups is 1. The summed E-state index contributed by atoms with van der Waals surface area (Å²) in [6.45, 7) is 6.44. The van der Waals surface area contributed by atoms with Gasteiger partial charge in [-0.3, -0.25) is 9.05 Å². The van der Waals surface area contributed by atoms with E-state index in [0.717, 1.165) is 0 Å². The maximum Gasteiger partial charge on any atom is 0.474 e. The van der Waals surface area contributed by atoms with Crippen molar-refractivity contribution in [2.45, 2.75) is 32.0 Å². The van der Waals surface area contributed by atoms with Crippen LogP contribution in [0.2, 0.25) is 35.7 Å². The molecule has 1 rings (SSSR count). The lowest BCUT2D eigenvalue weighted by molar-refractivity contribution is -0.0441. The first-order valence-electron chi connectivity index (χ1n) is 6.28. The fourth-order valence-corrected chi connectivity index (χ4v) is 3.59. The predicted octanol–water partition coefficient (Wildman–Crippen LogP) is 4.46.